The van der Waals surface area contributed by atoms with E-state index in [1.54, 1.807) is 13.2 Å². The number of rotatable bonds is 2. The summed E-state index contributed by atoms with van der Waals surface area (Å²) in [7, 11) is 1.61. The molecular formula is C9H11NO. The Morgan fingerprint density at radius 3 is 2.73 bits per heavy atom. The molecule has 11 heavy (non-hydrogen) atoms. The Bertz CT molecular complexity index is 268. The molecular weight excluding hydrogens is 138 g/mol. The van der Waals surface area contributed by atoms with E-state index in [4.69, 9.17) is 10.5 Å². The molecule has 58 valence electrons. The molecule has 0 atom stereocenters. The maximum Gasteiger partial charge on any atom is 0.128 e. The number of hydrogen-bond acceptors (Lipinski definition) is 2. The highest BCUT2D eigenvalue weighted by Gasteiger charge is 2.00. The van der Waals surface area contributed by atoms with Crippen molar-refractivity contribution in [3.05, 3.63) is 30.3 Å². The van der Waals surface area contributed by atoms with Crippen molar-refractivity contribution in [3.63, 3.8) is 0 Å². The number of methoxy groups -OCH3 is 1. The largest absolute Gasteiger partial charge is 0.496 e. The first-order chi connectivity index (χ1) is 5.29. The molecule has 0 radical (unpaired) electrons. The lowest BCUT2D eigenvalue weighted by molar-refractivity contribution is 0.414. The molecule has 0 spiro atoms. The van der Waals surface area contributed by atoms with Gasteiger partial charge in [0.25, 0.3) is 0 Å². The van der Waals surface area contributed by atoms with Crippen LogP contribution in [0.1, 0.15) is 5.56 Å². The Hall–Kier alpha value is -1.44. The van der Waals surface area contributed by atoms with Crippen LogP contribution in [0.15, 0.2) is 24.8 Å². The predicted octanol–water partition coefficient (Wildman–Crippen LogP) is 1.92. The van der Waals surface area contributed by atoms with E-state index in [9.17, 15) is 0 Å². The third-order valence-corrected chi connectivity index (χ3v) is 1.52. The number of nitrogen functional groups attached to an aromatic ring is 1. The molecule has 0 fully saturated rings. The van der Waals surface area contributed by atoms with Crippen LogP contribution in [0.4, 0.5) is 5.69 Å². The molecule has 0 aromatic heterocycles. The molecule has 0 bridgehead atoms. The first kappa shape index (κ1) is 7.66. The van der Waals surface area contributed by atoms with Crippen molar-refractivity contribution in [2.24, 2.45) is 0 Å². The summed E-state index contributed by atoms with van der Waals surface area (Å²) in [5.41, 5.74) is 7.21. The van der Waals surface area contributed by atoms with Gasteiger partial charge in [-0.1, -0.05) is 18.7 Å². The maximum absolute atomic E-state index is 5.66. The third-order valence-electron chi connectivity index (χ3n) is 1.52. The average Bonchev–Trinajstić information content (AvgIpc) is 2.04. The normalized spacial score (nSPS) is 9.18. The lowest BCUT2D eigenvalue weighted by Crippen LogP contribution is -1.92. The van der Waals surface area contributed by atoms with Gasteiger partial charge in [-0.15, -0.1) is 0 Å². The Balaban J connectivity index is 3.24. The molecule has 0 saturated carbocycles. The lowest BCUT2D eigenvalue weighted by atomic mass is 10.1. The molecule has 0 amide bonds. The van der Waals surface area contributed by atoms with Gasteiger partial charge in [0, 0.05) is 11.3 Å². The van der Waals surface area contributed by atoms with Gasteiger partial charge in [-0.3, -0.25) is 0 Å². The van der Waals surface area contributed by atoms with E-state index in [0.29, 0.717) is 5.69 Å². The molecule has 1 rings (SSSR count). The molecule has 2 N–H and O–H groups in total. The van der Waals surface area contributed by atoms with Crippen LogP contribution in [0.3, 0.4) is 0 Å². The maximum atomic E-state index is 5.66. The fourth-order valence-electron chi connectivity index (χ4n) is 0.957. The van der Waals surface area contributed by atoms with Crippen molar-refractivity contribution < 1.29 is 4.74 Å². The van der Waals surface area contributed by atoms with E-state index in [2.05, 4.69) is 6.58 Å². The van der Waals surface area contributed by atoms with Gasteiger partial charge in [-0.2, -0.15) is 0 Å². The molecule has 1 aromatic rings. The van der Waals surface area contributed by atoms with E-state index >= 15 is 0 Å². The second-order valence-electron chi connectivity index (χ2n) is 2.17. The fraction of sp³-hybridized carbons (Fsp3) is 0.111. The van der Waals surface area contributed by atoms with Crippen LogP contribution in [0.2, 0.25) is 0 Å². The molecule has 1 aromatic carbocycles. The van der Waals surface area contributed by atoms with Gasteiger partial charge in [0.1, 0.15) is 5.75 Å². The van der Waals surface area contributed by atoms with Gasteiger partial charge < -0.3 is 10.5 Å². The van der Waals surface area contributed by atoms with Crippen molar-refractivity contribution in [1.82, 2.24) is 0 Å². The zero-order valence-corrected chi connectivity index (χ0v) is 6.50. The number of nitrogens with two attached hydrogens (primary N) is 1. The van der Waals surface area contributed by atoms with Gasteiger partial charge in [-0.05, 0) is 12.1 Å². The Labute approximate surface area is 66.3 Å². The van der Waals surface area contributed by atoms with E-state index in [1.807, 2.05) is 18.2 Å². The zero-order chi connectivity index (χ0) is 8.27. The van der Waals surface area contributed by atoms with E-state index < -0.39 is 0 Å². The second kappa shape index (κ2) is 3.10. The minimum absolute atomic E-state index is 0.694. The standard InChI is InChI=1S/C9H11NO/c1-3-7-8(10)5-4-6-9(7)11-2/h3-6H,1,10H2,2H3. The van der Waals surface area contributed by atoms with Crippen molar-refractivity contribution in [3.8, 4) is 5.75 Å². The summed E-state index contributed by atoms with van der Waals surface area (Å²) in [5.74, 6) is 0.764. The Morgan fingerprint density at radius 1 is 1.55 bits per heavy atom. The minimum atomic E-state index is 0.694. The monoisotopic (exact) mass is 149 g/mol. The molecule has 2 heteroatoms. The van der Waals surface area contributed by atoms with Crippen LogP contribution in [0.5, 0.6) is 5.75 Å². The molecule has 2 nitrogen and oxygen atoms in total. The summed E-state index contributed by atoms with van der Waals surface area (Å²) >= 11 is 0. The average molecular weight is 149 g/mol. The number of ether oxygens (including phenoxy) is 1. The number of hydrogen-bond donors (Lipinski definition) is 1. The van der Waals surface area contributed by atoms with Crippen LogP contribution in [-0.4, -0.2) is 7.11 Å². The van der Waals surface area contributed by atoms with Crippen molar-refractivity contribution in [2.75, 3.05) is 12.8 Å². The lowest BCUT2D eigenvalue weighted by Gasteiger charge is -2.05. The summed E-state index contributed by atoms with van der Waals surface area (Å²) in [6.07, 6.45) is 1.69. The quantitative estimate of drug-likeness (QED) is 0.652. The van der Waals surface area contributed by atoms with Gasteiger partial charge in [0.2, 0.25) is 0 Å². The Morgan fingerprint density at radius 2 is 2.27 bits per heavy atom. The highest BCUT2D eigenvalue weighted by Crippen LogP contribution is 2.24. The third kappa shape index (κ3) is 1.34. The van der Waals surface area contributed by atoms with Crippen molar-refractivity contribution in [1.29, 1.82) is 0 Å². The highest BCUT2D eigenvalue weighted by molar-refractivity contribution is 5.69. The first-order valence-corrected chi connectivity index (χ1v) is 3.34. The second-order valence-corrected chi connectivity index (χ2v) is 2.17. The van der Waals surface area contributed by atoms with Crippen LogP contribution in [0, 0.1) is 0 Å². The van der Waals surface area contributed by atoms with Crippen molar-refractivity contribution in [2.45, 2.75) is 0 Å². The van der Waals surface area contributed by atoms with Crippen LogP contribution in [0.25, 0.3) is 6.08 Å². The summed E-state index contributed by atoms with van der Waals surface area (Å²) in [5, 5.41) is 0. The van der Waals surface area contributed by atoms with Crippen LogP contribution in [-0.2, 0) is 0 Å². The molecule has 0 heterocycles. The van der Waals surface area contributed by atoms with E-state index in [1.165, 1.54) is 0 Å². The number of benzene rings is 1. The fourth-order valence-corrected chi connectivity index (χ4v) is 0.957. The Kier molecular flexibility index (Phi) is 2.16. The van der Waals surface area contributed by atoms with Gasteiger partial charge in [0.15, 0.2) is 0 Å². The number of anilines is 1. The molecule has 0 aliphatic rings. The molecule has 0 unspecified atom stereocenters. The van der Waals surface area contributed by atoms with Crippen molar-refractivity contribution >= 4 is 11.8 Å². The smallest absolute Gasteiger partial charge is 0.128 e. The van der Waals surface area contributed by atoms with E-state index in [0.717, 1.165) is 11.3 Å². The predicted molar refractivity (Wildman–Crippen MR) is 47.5 cm³/mol. The molecule has 0 aliphatic heterocycles. The summed E-state index contributed by atoms with van der Waals surface area (Å²) in [4.78, 5) is 0. The SMILES string of the molecule is C=Cc1c(N)cccc1OC. The summed E-state index contributed by atoms with van der Waals surface area (Å²) in [6.45, 7) is 3.64. The molecule has 0 saturated heterocycles. The van der Waals surface area contributed by atoms with E-state index in [-0.39, 0.29) is 0 Å². The summed E-state index contributed by atoms with van der Waals surface area (Å²) < 4.78 is 5.07. The van der Waals surface area contributed by atoms with Crippen LogP contribution >= 0.6 is 0 Å². The van der Waals surface area contributed by atoms with Gasteiger partial charge >= 0.3 is 0 Å². The summed E-state index contributed by atoms with van der Waals surface area (Å²) in [6, 6.07) is 5.52. The first-order valence-electron chi connectivity index (χ1n) is 3.34. The van der Waals surface area contributed by atoms with Gasteiger partial charge in [0.05, 0.1) is 7.11 Å². The van der Waals surface area contributed by atoms with Crippen LogP contribution < -0.4 is 10.5 Å². The zero-order valence-electron chi connectivity index (χ0n) is 6.50. The molecule has 0 aliphatic carbocycles. The van der Waals surface area contributed by atoms with Gasteiger partial charge in [-0.25, -0.2) is 0 Å². The topological polar surface area (TPSA) is 35.2 Å². The highest BCUT2D eigenvalue weighted by atomic mass is 16.5. The minimum Gasteiger partial charge on any atom is -0.496 e.